The van der Waals surface area contributed by atoms with E-state index < -0.39 is 25.5 Å². The first kappa shape index (κ1) is 13.1. The Balaban J connectivity index is 3.72. The molecule has 0 saturated heterocycles. The molecule has 0 unspecified atom stereocenters. The predicted octanol–water partition coefficient (Wildman–Crippen LogP) is 0.0633. The molecule has 0 fully saturated rings. The Kier molecular flexibility index (Phi) is 3.44. The van der Waals surface area contributed by atoms with Crippen molar-refractivity contribution in [2.24, 2.45) is 5.14 Å². The van der Waals surface area contributed by atoms with Crippen molar-refractivity contribution >= 4 is 22.0 Å². The monoisotopic (exact) mass is 260 g/mol. The van der Waals surface area contributed by atoms with Crippen LogP contribution in [-0.4, -0.2) is 26.7 Å². The van der Waals surface area contributed by atoms with Crippen molar-refractivity contribution in [2.75, 3.05) is 7.11 Å². The van der Waals surface area contributed by atoms with Crippen molar-refractivity contribution in [3.63, 3.8) is 0 Å². The third-order valence-corrected chi connectivity index (χ3v) is 2.89. The number of nitrogens with zero attached hydrogens (tertiary/aromatic N) is 1. The number of primary sulfonamides is 1. The molecule has 1 rings (SSSR count). The first-order valence-corrected chi connectivity index (χ1v) is 5.70. The molecule has 8 nitrogen and oxygen atoms in total. The van der Waals surface area contributed by atoms with Crippen molar-refractivity contribution in [1.29, 1.82) is 0 Å². The third-order valence-electron chi connectivity index (χ3n) is 1.94. The molecule has 0 aliphatic carbocycles. The van der Waals surface area contributed by atoms with Crippen LogP contribution in [0, 0.1) is 10.1 Å². The summed E-state index contributed by atoms with van der Waals surface area (Å²) in [7, 11) is -3.10. The quantitative estimate of drug-likeness (QED) is 0.463. The number of non-ortho nitro benzene ring substituents is 1. The molecular weight excluding hydrogens is 252 g/mol. The molecule has 92 valence electrons. The number of nitrogens with two attached hydrogens (primary N) is 1. The normalized spacial score (nSPS) is 10.9. The van der Waals surface area contributed by atoms with Gasteiger partial charge in [0.2, 0.25) is 10.0 Å². The lowest BCUT2D eigenvalue weighted by Crippen LogP contribution is -2.15. The first-order chi connectivity index (χ1) is 7.81. The average Bonchev–Trinajstić information content (AvgIpc) is 2.25. The maximum Gasteiger partial charge on any atom is 0.274 e. The Hall–Kier alpha value is -2.00. The summed E-state index contributed by atoms with van der Waals surface area (Å²) in [5, 5.41) is 15.4. The Labute approximate surface area is 96.2 Å². The smallest absolute Gasteiger partial charge is 0.274 e. The van der Waals surface area contributed by atoms with Gasteiger partial charge in [0, 0.05) is 6.07 Å². The molecule has 0 heterocycles. The van der Waals surface area contributed by atoms with Gasteiger partial charge in [-0.05, 0) is 0 Å². The van der Waals surface area contributed by atoms with Crippen molar-refractivity contribution in [3.05, 3.63) is 27.8 Å². The maximum atomic E-state index is 11.2. The van der Waals surface area contributed by atoms with E-state index in [9.17, 15) is 23.3 Å². The van der Waals surface area contributed by atoms with E-state index in [-0.39, 0.29) is 17.6 Å². The van der Waals surface area contributed by atoms with Crippen LogP contribution in [0.2, 0.25) is 0 Å². The minimum absolute atomic E-state index is 0.211. The number of aldehydes is 1. The van der Waals surface area contributed by atoms with Gasteiger partial charge in [-0.25, -0.2) is 13.6 Å². The fourth-order valence-corrected chi connectivity index (χ4v) is 1.95. The molecule has 0 aliphatic heterocycles. The SMILES string of the molecule is COc1cc([N+](=O)[O-])cc(S(N)(=O)=O)c1C=O. The predicted molar refractivity (Wildman–Crippen MR) is 56.4 cm³/mol. The van der Waals surface area contributed by atoms with Crippen molar-refractivity contribution in [1.82, 2.24) is 0 Å². The molecule has 0 radical (unpaired) electrons. The summed E-state index contributed by atoms with van der Waals surface area (Å²) >= 11 is 0. The summed E-state index contributed by atoms with van der Waals surface area (Å²) < 4.78 is 27.1. The number of methoxy groups -OCH3 is 1. The standard InChI is InChI=1S/C8H8N2O6S/c1-16-7-2-5(10(12)13)3-8(6(7)4-11)17(9,14)15/h2-4H,1H3,(H2,9,14,15). The van der Waals surface area contributed by atoms with Gasteiger partial charge in [-0.1, -0.05) is 0 Å². The highest BCUT2D eigenvalue weighted by atomic mass is 32.2. The summed E-state index contributed by atoms with van der Waals surface area (Å²) in [4.78, 5) is 19.9. The molecule has 1 aromatic carbocycles. The van der Waals surface area contributed by atoms with Crippen LogP contribution < -0.4 is 9.88 Å². The van der Waals surface area contributed by atoms with Gasteiger partial charge in [-0.3, -0.25) is 14.9 Å². The summed E-state index contributed by atoms with van der Waals surface area (Å²) in [5.41, 5.74) is -0.878. The Morgan fingerprint density at radius 2 is 2.06 bits per heavy atom. The second-order valence-electron chi connectivity index (χ2n) is 2.98. The van der Waals surface area contributed by atoms with Crippen LogP contribution in [0.4, 0.5) is 5.69 Å². The highest BCUT2D eigenvalue weighted by Gasteiger charge is 2.23. The highest BCUT2D eigenvalue weighted by Crippen LogP contribution is 2.29. The molecule has 0 amide bonds. The van der Waals surface area contributed by atoms with Crippen LogP contribution >= 0.6 is 0 Å². The Bertz CT molecular complexity index is 580. The molecule has 0 aromatic heterocycles. The topological polar surface area (TPSA) is 130 Å². The number of ether oxygens (including phenoxy) is 1. The van der Waals surface area contributed by atoms with Gasteiger partial charge in [-0.15, -0.1) is 0 Å². The zero-order valence-corrected chi connectivity index (χ0v) is 9.43. The molecule has 0 atom stereocenters. The van der Waals surface area contributed by atoms with Gasteiger partial charge >= 0.3 is 0 Å². The number of hydrogen-bond acceptors (Lipinski definition) is 6. The number of nitro groups is 1. The number of carbonyl (C=O) groups is 1. The van der Waals surface area contributed by atoms with E-state index in [1.165, 1.54) is 0 Å². The Morgan fingerprint density at radius 1 is 1.47 bits per heavy atom. The molecule has 0 spiro atoms. The van der Waals surface area contributed by atoms with Gasteiger partial charge in [0.15, 0.2) is 6.29 Å². The molecule has 9 heteroatoms. The number of rotatable bonds is 4. The summed E-state index contributed by atoms with van der Waals surface area (Å²) in [5.74, 6) is -0.224. The fraction of sp³-hybridized carbons (Fsp3) is 0.125. The van der Waals surface area contributed by atoms with E-state index in [1.54, 1.807) is 0 Å². The first-order valence-electron chi connectivity index (χ1n) is 4.15. The van der Waals surface area contributed by atoms with Crippen LogP contribution in [0.5, 0.6) is 5.75 Å². The molecule has 0 saturated carbocycles. The second-order valence-corrected chi connectivity index (χ2v) is 4.51. The van der Waals surface area contributed by atoms with E-state index in [2.05, 4.69) is 0 Å². The molecule has 2 N–H and O–H groups in total. The minimum Gasteiger partial charge on any atom is -0.496 e. The lowest BCUT2D eigenvalue weighted by atomic mass is 10.2. The van der Waals surface area contributed by atoms with E-state index in [0.717, 1.165) is 13.2 Å². The number of benzene rings is 1. The number of hydrogen-bond donors (Lipinski definition) is 1. The number of nitro benzene ring substituents is 1. The zero-order chi connectivity index (χ0) is 13.2. The molecule has 0 bridgehead atoms. The van der Waals surface area contributed by atoms with E-state index in [4.69, 9.17) is 9.88 Å². The van der Waals surface area contributed by atoms with E-state index >= 15 is 0 Å². The molecule has 0 aliphatic rings. The van der Waals surface area contributed by atoms with Crippen LogP contribution in [-0.2, 0) is 10.0 Å². The van der Waals surface area contributed by atoms with Crippen LogP contribution in [0.1, 0.15) is 10.4 Å². The molecular formula is C8H8N2O6S. The van der Waals surface area contributed by atoms with Gasteiger partial charge < -0.3 is 4.74 Å². The molecule has 1 aromatic rings. The van der Waals surface area contributed by atoms with Gasteiger partial charge in [0.1, 0.15) is 10.6 Å². The van der Waals surface area contributed by atoms with E-state index in [1.807, 2.05) is 0 Å². The molecule has 17 heavy (non-hydrogen) atoms. The van der Waals surface area contributed by atoms with Crippen molar-refractivity contribution in [3.8, 4) is 5.75 Å². The average molecular weight is 260 g/mol. The summed E-state index contributed by atoms with van der Waals surface area (Å²) in [6.45, 7) is 0. The minimum atomic E-state index is -4.25. The summed E-state index contributed by atoms with van der Waals surface area (Å²) in [6, 6.07) is 1.65. The van der Waals surface area contributed by atoms with Crippen LogP contribution in [0.15, 0.2) is 17.0 Å². The number of sulfonamides is 1. The summed E-state index contributed by atoms with van der Waals surface area (Å²) in [6.07, 6.45) is 0.211. The highest BCUT2D eigenvalue weighted by molar-refractivity contribution is 7.89. The van der Waals surface area contributed by atoms with Crippen molar-refractivity contribution < 1.29 is 22.9 Å². The Morgan fingerprint density at radius 3 is 2.41 bits per heavy atom. The van der Waals surface area contributed by atoms with Crippen LogP contribution in [0.25, 0.3) is 0 Å². The third kappa shape index (κ3) is 2.57. The van der Waals surface area contributed by atoms with Gasteiger partial charge in [0.25, 0.3) is 5.69 Å². The second kappa shape index (κ2) is 4.47. The maximum absolute atomic E-state index is 11.2. The van der Waals surface area contributed by atoms with Gasteiger partial charge in [-0.2, -0.15) is 0 Å². The number of carbonyl (C=O) groups excluding carboxylic acids is 1. The lowest BCUT2D eigenvalue weighted by molar-refractivity contribution is -0.385. The largest absolute Gasteiger partial charge is 0.496 e. The van der Waals surface area contributed by atoms with Gasteiger partial charge in [0.05, 0.1) is 23.7 Å². The fourth-order valence-electron chi connectivity index (χ4n) is 1.21. The van der Waals surface area contributed by atoms with Crippen LogP contribution in [0.3, 0.4) is 0 Å². The zero-order valence-electron chi connectivity index (χ0n) is 8.61. The lowest BCUT2D eigenvalue weighted by Gasteiger charge is -2.07. The van der Waals surface area contributed by atoms with E-state index in [0.29, 0.717) is 6.07 Å². The van der Waals surface area contributed by atoms with Crippen molar-refractivity contribution in [2.45, 2.75) is 4.90 Å².